The number of rotatable bonds is 3. The molecule has 0 saturated carbocycles. The van der Waals surface area contributed by atoms with Crippen molar-refractivity contribution in [1.29, 1.82) is 0 Å². The molecule has 1 unspecified atom stereocenters. The molecule has 2 aromatic rings. The van der Waals surface area contributed by atoms with Gasteiger partial charge in [-0.25, -0.2) is 0 Å². The Bertz CT molecular complexity index is 650. The summed E-state index contributed by atoms with van der Waals surface area (Å²) in [5.74, 6) is 0. The van der Waals surface area contributed by atoms with E-state index >= 15 is 0 Å². The van der Waals surface area contributed by atoms with Crippen molar-refractivity contribution < 1.29 is 4.43 Å². The summed E-state index contributed by atoms with van der Waals surface area (Å²) >= 11 is 12.2. The van der Waals surface area contributed by atoms with Crippen molar-refractivity contribution in [2.45, 2.75) is 32.0 Å². The van der Waals surface area contributed by atoms with E-state index in [1.54, 1.807) is 0 Å². The molecule has 1 atom stereocenters. The zero-order chi connectivity index (χ0) is 15.0. The lowest BCUT2D eigenvalue weighted by atomic mass is 10.0. The van der Waals surface area contributed by atoms with E-state index in [0.29, 0.717) is 0 Å². The van der Waals surface area contributed by atoms with E-state index in [0.717, 1.165) is 22.1 Å². The first-order chi connectivity index (χ1) is 10.1. The molecular weight excluding hydrogens is 319 g/mol. The maximum absolute atomic E-state index is 6.64. The maximum atomic E-state index is 6.64. The van der Waals surface area contributed by atoms with Gasteiger partial charge in [0.15, 0.2) is 0 Å². The second-order valence-electron chi connectivity index (χ2n) is 5.48. The molecule has 0 amide bonds. The molecule has 4 heteroatoms. The maximum Gasteiger partial charge on any atom is 0.225 e. The number of fused-ring (bicyclic) bond motifs is 1. The molecule has 1 aliphatic heterocycles. The molecule has 0 N–H and O–H groups in total. The third-order valence-electron chi connectivity index (χ3n) is 4.45. The van der Waals surface area contributed by atoms with Crippen LogP contribution in [0.2, 0.25) is 22.1 Å². The predicted molar refractivity (Wildman–Crippen MR) is 92.2 cm³/mol. The molecule has 21 heavy (non-hydrogen) atoms. The monoisotopic (exact) mass is 336 g/mol. The molecule has 1 aliphatic rings. The van der Waals surface area contributed by atoms with Gasteiger partial charge in [0.1, 0.15) is 0 Å². The Morgan fingerprint density at radius 3 is 2.19 bits per heavy atom. The topological polar surface area (TPSA) is 9.23 Å². The first-order valence-corrected chi connectivity index (χ1v) is 10.4. The molecule has 0 aromatic heterocycles. The molecule has 0 aliphatic carbocycles. The molecule has 3 rings (SSSR count). The SMILES string of the molecule is CC[Si]1(CC)OC(c2ccc(Cl)cc2)c2ccc(Cl)cc21. The van der Waals surface area contributed by atoms with Crippen LogP contribution in [-0.4, -0.2) is 8.32 Å². The summed E-state index contributed by atoms with van der Waals surface area (Å²) in [7, 11) is -1.91. The van der Waals surface area contributed by atoms with Crippen LogP contribution in [0.5, 0.6) is 0 Å². The van der Waals surface area contributed by atoms with E-state index in [2.05, 4.69) is 38.1 Å². The standard InChI is InChI=1S/C17H18Cl2OSi/c1-3-21(4-2)16-11-14(19)9-10-15(16)17(20-21)12-5-7-13(18)8-6-12/h5-11,17H,3-4H2,1-2H3. The fourth-order valence-electron chi connectivity index (χ4n) is 3.19. The number of hydrogen-bond acceptors (Lipinski definition) is 1. The van der Waals surface area contributed by atoms with Gasteiger partial charge >= 0.3 is 0 Å². The summed E-state index contributed by atoms with van der Waals surface area (Å²) in [6.45, 7) is 4.45. The quantitative estimate of drug-likeness (QED) is 0.690. The number of hydrogen-bond donors (Lipinski definition) is 0. The molecule has 0 saturated heterocycles. The smallest absolute Gasteiger partial charge is 0.225 e. The van der Waals surface area contributed by atoms with Crippen LogP contribution >= 0.6 is 23.2 Å². The summed E-state index contributed by atoms with van der Waals surface area (Å²) in [6.07, 6.45) is 0.0149. The minimum absolute atomic E-state index is 0.0149. The molecule has 110 valence electrons. The first kappa shape index (κ1) is 15.1. The average molecular weight is 337 g/mol. The van der Waals surface area contributed by atoms with Crippen LogP contribution in [0.1, 0.15) is 31.1 Å². The lowest BCUT2D eigenvalue weighted by molar-refractivity contribution is 0.253. The highest BCUT2D eigenvalue weighted by molar-refractivity contribution is 6.87. The Morgan fingerprint density at radius 1 is 0.952 bits per heavy atom. The summed E-state index contributed by atoms with van der Waals surface area (Å²) in [6, 6.07) is 16.3. The van der Waals surface area contributed by atoms with Crippen molar-refractivity contribution in [2.24, 2.45) is 0 Å². The fourth-order valence-corrected chi connectivity index (χ4v) is 7.17. The first-order valence-electron chi connectivity index (χ1n) is 7.33. The van der Waals surface area contributed by atoms with Crippen LogP contribution in [0.15, 0.2) is 42.5 Å². The summed E-state index contributed by atoms with van der Waals surface area (Å²) in [5, 5.41) is 2.91. The van der Waals surface area contributed by atoms with Crippen molar-refractivity contribution in [3.63, 3.8) is 0 Å². The van der Waals surface area contributed by atoms with Crippen molar-refractivity contribution in [3.8, 4) is 0 Å². The number of halogens is 2. The lowest BCUT2D eigenvalue weighted by Crippen LogP contribution is -2.45. The van der Waals surface area contributed by atoms with Gasteiger partial charge in [0.25, 0.3) is 0 Å². The molecule has 2 aromatic carbocycles. The molecule has 1 nitrogen and oxygen atoms in total. The van der Waals surface area contributed by atoms with Gasteiger partial charge in [0, 0.05) is 10.0 Å². The molecule has 0 radical (unpaired) electrons. The normalized spacial score (nSPS) is 19.5. The second kappa shape index (κ2) is 5.77. The largest absolute Gasteiger partial charge is 0.401 e. The van der Waals surface area contributed by atoms with Crippen LogP contribution in [0, 0.1) is 0 Å². The zero-order valence-corrected chi connectivity index (χ0v) is 14.7. The molecule has 0 bridgehead atoms. The van der Waals surface area contributed by atoms with E-state index in [1.807, 2.05) is 18.2 Å². The zero-order valence-electron chi connectivity index (χ0n) is 12.2. The summed E-state index contributed by atoms with van der Waals surface area (Å²) in [5.41, 5.74) is 2.44. The van der Waals surface area contributed by atoms with E-state index < -0.39 is 8.32 Å². The van der Waals surface area contributed by atoms with E-state index in [1.165, 1.54) is 16.3 Å². The van der Waals surface area contributed by atoms with Gasteiger partial charge in [0.05, 0.1) is 6.10 Å². The predicted octanol–water partition coefficient (Wildman–Crippen LogP) is 5.31. The minimum Gasteiger partial charge on any atom is -0.401 e. The number of benzene rings is 2. The Balaban J connectivity index is 2.12. The van der Waals surface area contributed by atoms with Gasteiger partial charge in [-0.1, -0.05) is 55.2 Å². The van der Waals surface area contributed by atoms with E-state index in [4.69, 9.17) is 27.6 Å². The molecule has 1 heterocycles. The fraction of sp³-hybridized carbons (Fsp3) is 0.294. The highest BCUT2D eigenvalue weighted by atomic mass is 35.5. The molecule has 0 spiro atoms. The Morgan fingerprint density at radius 2 is 1.57 bits per heavy atom. The Kier molecular flexibility index (Phi) is 4.15. The van der Waals surface area contributed by atoms with Crippen LogP contribution in [0.3, 0.4) is 0 Å². The highest BCUT2D eigenvalue weighted by Crippen LogP contribution is 2.39. The van der Waals surface area contributed by atoms with Crippen molar-refractivity contribution in [3.05, 3.63) is 63.6 Å². The average Bonchev–Trinajstić information content (AvgIpc) is 2.82. The van der Waals surface area contributed by atoms with E-state index in [-0.39, 0.29) is 6.10 Å². The van der Waals surface area contributed by atoms with Crippen LogP contribution in [0.25, 0.3) is 0 Å². The summed E-state index contributed by atoms with van der Waals surface area (Å²) in [4.78, 5) is 0. The van der Waals surface area contributed by atoms with Crippen LogP contribution in [-0.2, 0) is 4.43 Å². The highest BCUT2D eigenvalue weighted by Gasteiger charge is 2.45. The minimum atomic E-state index is -1.91. The van der Waals surface area contributed by atoms with Gasteiger partial charge in [-0.3, -0.25) is 0 Å². The Hall–Kier alpha value is -0.803. The van der Waals surface area contributed by atoms with Gasteiger partial charge < -0.3 is 4.43 Å². The van der Waals surface area contributed by atoms with Crippen molar-refractivity contribution >= 4 is 36.7 Å². The molecule has 0 fully saturated rings. The van der Waals surface area contributed by atoms with Gasteiger partial charge in [-0.2, -0.15) is 0 Å². The van der Waals surface area contributed by atoms with Crippen molar-refractivity contribution in [2.75, 3.05) is 0 Å². The van der Waals surface area contributed by atoms with Gasteiger partial charge in [-0.05, 0) is 52.7 Å². The summed E-state index contributed by atoms with van der Waals surface area (Å²) < 4.78 is 6.64. The van der Waals surface area contributed by atoms with Gasteiger partial charge in [0.2, 0.25) is 8.32 Å². The molecular formula is C17H18Cl2OSi. The third-order valence-corrected chi connectivity index (χ3v) is 9.32. The van der Waals surface area contributed by atoms with Gasteiger partial charge in [-0.15, -0.1) is 0 Å². The van der Waals surface area contributed by atoms with Crippen LogP contribution in [0.4, 0.5) is 0 Å². The van der Waals surface area contributed by atoms with Crippen molar-refractivity contribution in [1.82, 2.24) is 0 Å². The Labute approximate surface area is 137 Å². The van der Waals surface area contributed by atoms with Crippen LogP contribution < -0.4 is 5.19 Å². The third kappa shape index (κ3) is 2.55. The lowest BCUT2D eigenvalue weighted by Gasteiger charge is -2.25. The second-order valence-corrected chi connectivity index (χ2v) is 10.5. The van der Waals surface area contributed by atoms with E-state index in [9.17, 15) is 0 Å².